The van der Waals surface area contributed by atoms with Crippen molar-refractivity contribution in [1.29, 1.82) is 0 Å². The largest absolute Gasteiger partial charge is 0.376 e. The minimum atomic E-state index is -2.89. The van der Waals surface area contributed by atoms with Gasteiger partial charge in [0, 0.05) is 130 Å². The first-order valence-corrected chi connectivity index (χ1v) is 42.4. The van der Waals surface area contributed by atoms with E-state index in [2.05, 4.69) is 41.3 Å². The number of carbonyl (C=O) groups excluding carboxylic acids is 5. The van der Waals surface area contributed by atoms with E-state index < -0.39 is 9.84 Å². The second kappa shape index (κ2) is 43.8. The average Bonchev–Trinajstić information content (AvgIpc) is 4.45. The molecule has 7 heterocycles. The second-order valence-electron chi connectivity index (χ2n) is 26.3. The molecule has 18 nitrogen and oxygen atoms in total. The Morgan fingerprint density at radius 2 is 0.629 bits per heavy atom. The molecule has 514 valence electrons. The Morgan fingerprint density at radius 1 is 0.360 bits per heavy atom. The quantitative estimate of drug-likeness (QED) is 0.109. The molecule has 89 heavy (non-hydrogen) atoms. The molecular formula is C65H120N10O8S6. The van der Waals surface area contributed by atoms with Crippen LogP contribution in [0.3, 0.4) is 0 Å². The van der Waals surface area contributed by atoms with Crippen LogP contribution in [0.4, 0.5) is 0 Å². The summed E-state index contributed by atoms with van der Waals surface area (Å²) in [6, 6.07) is -0.0589. The van der Waals surface area contributed by atoms with Crippen LogP contribution in [0.2, 0.25) is 0 Å². The Balaban J connectivity index is 0.000000177. The lowest BCUT2D eigenvalue weighted by Crippen LogP contribution is -2.48. The molecule has 7 saturated heterocycles. The van der Waals surface area contributed by atoms with Crippen LogP contribution in [0.5, 0.6) is 0 Å². The number of ether oxygens (including phenoxy) is 1. The predicted molar refractivity (Wildman–Crippen MR) is 378 cm³/mol. The molecule has 0 radical (unpaired) electrons. The fourth-order valence-corrected chi connectivity index (χ4v) is 21.1. The zero-order chi connectivity index (χ0) is 63.6. The summed E-state index contributed by atoms with van der Waals surface area (Å²) in [5, 5.41) is 15.6. The second-order valence-corrected chi connectivity index (χ2v) is 34.3. The van der Waals surface area contributed by atoms with Crippen molar-refractivity contribution >= 4 is 98.2 Å². The number of thioether (sulfide) groups is 5. The smallest absolute Gasteiger partial charge is 0.240 e. The number of carbonyl (C=O) groups is 5. The van der Waals surface area contributed by atoms with E-state index in [1.807, 2.05) is 85.0 Å². The monoisotopic (exact) mass is 1360 g/mol. The fourth-order valence-electron chi connectivity index (χ4n) is 14.0. The van der Waals surface area contributed by atoms with Gasteiger partial charge in [-0.15, -0.1) is 0 Å². The third kappa shape index (κ3) is 27.8. The molecule has 5 amide bonds. The van der Waals surface area contributed by atoms with Crippen LogP contribution in [0, 0.1) is 23.7 Å². The molecule has 24 heteroatoms. The number of rotatable bonds is 15. The van der Waals surface area contributed by atoms with Crippen molar-refractivity contribution in [3.8, 4) is 0 Å². The van der Waals surface area contributed by atoms with E-state index >= 15 is 0 Å². The summed E-state index contributed by atoms with van der Waals surface area (Å²) >= 11 is 9.31. The zero-order valence-electron chi connectivity index (χ0n) is 55.5. The highest BCUT2D eigenvalue weighted by Crippen LogP contribution is 2.29. The summed E-state index contributed by atoms with van der Waals surface area (Å²) in [5.41, 5.74) is 0. The first-order chi connectivity index (χ1) is 43.3. The number of nitrogens with zero attached hydrogens (tertiary/aromatic N) is 5. The molecule has 0 bridgehead atoms. The van der Waals surface area contributed by atoms with E-state index in [0.717, 1.165) is 160 Å². The summed E-state index contributed by atoms with van der Waals surface area (Å²) in [4.78, 5) is 71.8. The van der Waals surface area contributed by atoms with Crippen molar-refractivity contribution in [3.63, 3.8) is 0 Å². The first-order valence-electron chi connectivity index (χ1n) is 34.8. The number of hydrogen-bond acceptors (Lipinski definition) is 18. The average molecular weight is 1360 g/mol. The Morgan fingerprint density at radius 3 is 0.944 bits per heavy atom. The normalized spacial score (nSPS) is 29.5. The lowest BCUT2D eigenvalue weighted by molar-refractivity contribution is -0.134. The molecule has 0 aromatic carbocycles. The van der Waals surface area contributed by atoms with Crippen LogP contribution < -0.4 is 26.6 Å². The summed E-state index contributed by atoms with van der Waals surface area (Å²) < 4.78 is 29.1. The van der Waals surface area contributed by atoms with Crippen LogP contribution in [0.15, 0.2) is 0 Å². The topological polar surface area (TPSA) is 205 Å². The van der Waals surface area contributed by atoms with Gasteiger partial charge < -0.3 is 55.8 Å². The Kier molecular flexibility index (Phi) is 37.8. The van der Waals surface area contributed by atoms with Crippen LogP contribution in [0.25, 0.3) is 0 Å². The molecule has 0 aromatic heterocycles. The Labute approximate surface area is 560 Å². The minimum Gasteiger partial charge on any atom is -0.376 e. The number of amides is 5. The van der Waals surface area contributed by atoms with E-state index in [9.17, 15) is 32.4 Å². The van der Waals surface area contributed by atoms with E-state index in [-0.39, 0.29) is 59.8 Å². The van der Waals surface area contributed by atoms with Crippen molar-refractivity contribution in [2.75, 3.05) is 176 Å². The van der Waals surface area contributed by atoms with Gasteiger partial charge in [0.1, 0.15) is 0 Å². The third-order valence-corrected chi connectivity index (χ3v) is 26.7. The number of hydrogen-bond donors (Lipinski definition) is 5. The molecule has 7 aliphatic heterocycles. The summed E-state index contributed by atoms with van der Waals surface area (Å²) in [7, 11) is 6.48. The number of nitrogens with one attached hydrogen (secondary N) is 5. The highest BCUT2D eigenvalue weighted by molar-refractivity contribution is 8.00. The zero-order valence-corrected chi connectivity index (χ0v) is 60.4. The Bertz CT molecular complexity index is 2030. The van der Waals surface area contributed by atoms with Crippen molar-refractivity contribution in [3.05, 3.63) is 0 Å². The molecule has 10 aliphatic rings. The van der Waals surface area contributed by atoms with Gasteiger partial charge >= 0.3 is 0 Å². The van der Waals surface area contributed by atoms with Gasteiger partial charge in [-0.1, -0.05) is 77.0 Å². The minimum absolute atomic E-state index is 0.0247. The Hall–Kier alpha value is -1.19. The molecule has 7 unspecified atom stereocenters. The summed E-state index contributed by atoms with van der Waals surface area (Å²) in [6.45, 7) is 9.65. The molecule has 10 fully saturated rings. The van der Waals surface area contributed by atoms with Crippen molar-refractivity contribution in [2.45, 2.75) is 178 Å². The van der Waals surface area contributed by atoms with Gasteiger partial charge in [0.05, 0.1) is 47.8 Å². The van der Waals surface area contributed by atoms with Crippen LogP contribution in [0.1, 0.15) is 141 Å². The molecular weight excluding hydrogens is 1240 g/mol. The molecule has 0 spiro atoms. The first kappa shape index (κ1) is 76.8. The van der Waals surface area contributed by atoms with E-state index in [1.165, 1.54) is 122 Å². The lowest BCUT2D eigenvalue weighted by atomic mass is 9.89. The summed E-state index contributed by atoms with van der Waals surface area (Å²) in [6.07, 6.45) is 28.3. The van der Waals surface area contributed by atoms with Crippen molar-refractivity contribution in [2.24, 2.45) is 23.7 Å². The lowest BCUT2D eigenvalue weighted by Gasteiger charge is -2.30. The number of likely N-dealkylation sites (N-methyl/N-ethyl adjacent to an activating group) is 5. The van der Waals surface area contributed by atoms with E-state index in [4.69, 9.17) is 4.74 Å². The van der Waals surface area contributed by atoms with Crippen LogP contribution >= 0.6 is 58.8 Å². The van der Waals surface area contributed by atoms with Gasteiger partial charge in [-0.25, -0.2) is 8.42 Å². The summed E-state index contributed by atoms with van der Waals surface area (Å²) in [5.74, 6) is 14.0. The molecule has 3 saturated carbocycles. The fraction of sp³-hybridized carbons (Fsp3) is 0.923. The van der Waals surface area contributed by atoms with E-state index in [1.54, 1.807) is 18.8 Å². The molecule has 3 aliphatic carbocycles. The van der Waals surface area contributed by atoms with Gasteiger partial charge in [-0.2, -0.15) is 58.8 Å². The molecule has 0 aromatic rings. The standard InChI is InChI=1S/C14H26N2OS.C13H24N2O2S.2C13H24N2OS.C12H22N2O3S2/c1-15-13-11-18-9-8-16(14(13)17)10-12-6-4-2-3-5-7-12;1-14-12-10-18-8-6-15(13(12)16)9-11-5-3-2-4-7-17-11;2*1-14-12-10-17-8-7-15(13(12)16)9-11-5-3-2-4-6-11;1-13-11-8-18-5-4-14(12(11)15)7-10-3-2-6-19(16,17)9-10/h12-13,15H,2-11H2,1H3;11-12,14H,2-10H2,1H3;2*11-12,14H,2-10H2,1H3;10-11,13H,2-9H2,1H3. The van der Waals surface area contributed by atoms with Gasteiger partial charge in [0.2, 0.25) is 29.5 Å². The van der Waals surface area contributed by atoms with Gasteiger partial charge in [0.15, 0.2) is 9.84 Å². The van der Waals surface area contributed by atoms with Gasteiger partial charge in [-0.3, -0.25) is 24.0 Å². The van der Waals surface area contributed by atoms with E-state index in [0.29, 0.717) is 30.0 Å². The molecule has 5 N–H and O–H groups in total. The van der Waals surface area contributed by atoms with Crippen LogP contribution in [-0.4, -0.2) is 275 Å². The van der Waals surface area contributed by atoms with Crippen molar-refractivity contribution in [1.82, 2.24) is 51.1 Å². The van der Waals surface area contributed by atoms with Gasteiger partial charge in [0.25, 0.3) is 0 Å². The highest BCUT2D eigenvalue weighted by Gasteiger charge is 2.34. The predicted octanol–water partition coefficient (Wildman–Crippen LogP) is 6.66. The third-order valence-electron chi connectivity index (χ3n) is 19.6. The highest BCUT2D eigenvalue weighted by atomic mass is 32.2. The molecule has 10 rings (SSSR count). The van der Waals surface area contributed by atoms with Gasteiger partial charge in [-0.05, 0) is 123 Å². The maximum Gasteiger partial charge on any atom is 0.240 e. The van der Waals surface area contributed by atoms with Crippen LogP contribution in [-0.2, 0) is 38.5 Å². The maximum atomic E-state index is 12.4. The van der Waals surface area contributed by atoms with Crippen molar-refractivity contribution < 1.29 is 37.1 Å². The molecule has 7 atom stereocenters. The number of sulfone groups is 1. The maximum absolute atomic E-state index is 12.4. The SMILES string of the molecule is CNC1CSCCN(CC2CCCCC2)C1=O.CNC1CSCCN(CC2CCCCC2)C1=O.CNC1CSCCN(CC2CCCCCC2)C1=O.CNC1CSCCN(CC2CCCCCO2)C1=O.CNC1CSCCN(CC2CCCS(=O)(=O)C2)C1=O.